The number of thiophene rings is 1. The molecular weight excluding hydrogens is 350 g/mol. The van der Waals surface area contributed by atoms with Crippen molar-refractivity contribution in [1.29, 1.82) is 0 Å². The van der Waals surface area contributed by atoms with Gasteiger partial charge < -0.3 is 9.84 Å². The van der Waals surface area contributed by atoms with Crippen LogP contribution < -0.4 is 4.74 Å². The highest BCUT2D eigenvalue weighted by Crippen LogP contribution is 2.32. The number of carbonyl (C=O) groups is 1. The average molecular weight is 359 g/mol. The van der Waals surface area contributed by atoms with E-state index in [1.54, 1.807) is 6.92 Å². The van der Waals surface area contributed by atoms with Crippen LogP contribution in [0.1, 0.15) is 16.1 Å². The number of hydrogen-bond donors (Lipinski definition) is 1. The van der Waals surface area contributed by atoms with E-state index >= 15 is 0 Å². The van der Waals surface area contributed by atoms with E-state index in [1.807, 2.05) is 0 Å². The second-order valence-corrected chi connectivity index (χ2v) is 5.83. The highest BCUT2D eigenvalue weighted by molar-refractivity contribution is 7.12. The van der Waals surface area contributed by atoms with Crippen molar-refractivity contribution in [3.63, 3.8) is 0 Å². The number of phenols is 1. The Bertz CT molecular complexity index is 942. The van der Waals surface area contributed by atoms with Gasteiger partial charge in [0.25, 0.3) is 5.91 Å². The van der Waals surface area contributed by atoms with Crippen LogP contribution in [0.5, 0.6) is 10.8 Å². The summed E-state index contributed by atoms with van der Waals surface area (Å²) < 4.78 is 55.5. The molecule has 1 N–H and O–H groups in total. The Morgan fingerprint density at radius 3 is 2.67 bits per heavy atom. The van der Waals surface area contributed by atoms with Crippen LogP contribution in [-0.2, 0) is 0 Å². The number of aromatic nitrogens is 1. The number of aryl methyl sites for hydroxylation is 1. The first-order valence-electron chi connectivity index (χ1n) is 6.56. The number of alkyl halides is 3. The number of ether oxygens (including phenoxy) is 1. The second-order valence-electron chi connectivity index (χ2n) is 4.96. The van der Waals surface area contributed by atoms with Crippen molar-refractivity contribution in [2.75, 3.05) is 0 Å². The molecule has 0 bridgehead atoms. The van der Waals surface area contributed by atoms with Crippen LogP contribution in [0.25, 0.3) is 10.9 Å². The molecule has 4 nitrogen and oxygen atoms in total. The third kappa shape index (κ3) is 2.82. The summed E-state index contributed by atoms with van der Waals surface area (Å²) in [6, 6.07) is 4.81. The minimum atomic E-state index is -4.85. The van der Waals surface area contributed by atoms with Crippen LogP contribution in [-0.4, -0.2) is 21.9 Å². The number of aromatic hydroxyl groups is 1. The molecule has 0 fully saturated rings. The van der Waals surface area contributed by atoms with Crippen molar-refractivity contribution < 1.29 is 32.2 Å². The zero-order valence-electron chi connectivity index (χ0n) is 12.0. The van der Waals surface area contributed by atoms with Crippen LogP contribution in [0.15, 0.2) is 29.6 Å². The molecule has 2 aromatic heterocycles. The maximum absolute atomic E-state index is 13.9. The van der Waals surface area contributed by atoms with E-state index in [4.69, 9.17) is 0 Å². The zero-order valence-corrected chi connectivity index (χ0v) is 12.8. The van der Waals surface area contributed by atoms with Gasteiger partial charge in [-0.2, -0.15) is 0 Å². The molecular formula is C15H9F4NO3S. The van der Waals surface area contributed by atoms with E-state index in [0.29, 0.717) is 17.0 Å². The Balaban J connectivity index is 2.03. The first kappa shape index (κ1) is 16.3. The number of halogens is 4. The molecule has 0 atom stereocenters. The normalized spacial score (nSPS) is 11.9. The largest absolute Gasteiger partial charge is 0.573 e. The van der Waals surface area contributed by atoms with Crippen LogP contribution in [0, 0.1) is 12.7 Å². The first-order valence-corrected chi connectivity index (χ1v) is 7.44. The number of benzene rings is 1. The van der Waals surface area contributed by atoms with Crippen molar-refractivity contribution in [3.05, 3.63) is 46.7 Å². The molecule has 126 valence electrons. The summed E-state index contributed by atoms with van der Waals surface area (Å²) in [6.07, 6.45) is -4.85. The molecule has 9 heteroatoms. The predicted octanol–water partition coefficient (Wildman–Crippen LogP) is 4.44. The molecule has 0 saturated heterocycles. The lowest BCUT2D eigenvalue weighted by Crippen LogP contribution is -2.16. The molecule has 0 aliphatic carbocycles. The number of phenolic OH excluding ortho intramolecular Hbond substituents is 1. The van der Waals surface area contributed by atoms with Crippen LogP contribution in [0.4, 0.5) is 17.6 Å². The van der Waals surface area contributed by atoms with Gasteiger partial charge >= 0.3 is 6.36 Å². The summed E-state index contributed by atoms with van der Waals surface area (Å²) in [5.74, 6) is -2.04. The van der Waals surface area contributed by atoms with E-state index in [9.17, 15) is 27.5 Å². The third-order valence-electron chi connectivity index (χ3n) is 3.32. The fourth-order valence-electron chi connectivity index (χ4n) is 2.36. The van der Waals surface area contributed by atoms with E-state index in [0.717, 1.165) is 16.7 Å². The van der Waals surface area contributed by atoms with Crippen molar-refractivity contribution >= 4 is 28.1 Å². The Hall–Kier alpha value is -2.55. The molecule has 0 spiro atoms. The van der Waals surface area contributed by atoms with Gasteiger partial charge in [0.1, 0.15) is 0 Å². The molecule has 0 amide bonds. The van der Waals surface area contributed by atoms with E-state index in [2.05, 4.69) is 4.74 Å². The summed E-state index contributed by atoms with van der Waals surface area (Å²) in [7, 11) is 0. The Kier molecular flexibility index (Phi) is 3.75. The van der Waals surface area contributed by atoms with Crippen LogP contribution in [0.2, 0.25) is 0 Å². The summed E-state index contributed by atoms with van der Waals surface area (Å²) in [6.45, 7) is 1.55. The summed E-state index contributed by atoms with van der Waals surface area (Å²) >= 11 is 0.628. The lowest BCUT2D eigenvalue weighted by molar-refractivity contribution is -0.273. The molecule has 3 rings (SSSR count). The topological polar surface area (TPSA) is 51.5 Å². The molecule has 0 aliphatic rings. The predicted molar refractivity (Wildman–Crippen MR) is 79.0 cm³/mol. The molecule has 1 aromatic carbocycles. The number of carbonyl (C=O) groups excluding carboxylic acids is 1. The van der Waals surface area contributed by atoms with Gasteiger partial charge in [-0.05, 0) is 25.1 Å². The third-order valence-corrected chi connectivity index (χ3v) is 4.13. The van der Waals surface area contributed by atoms with Gasteiger partial charge in [0.15, 0.2) is 16.6 Å². The van der Waals surface area contributed by atoms with E-state index < -0.39 is 28.9 Å². The summed E-state index contributed by atoms with van der Waals surface area (Å²) in [4.78, 5) is 12.6. The van der Waals surface area contributed by atoms with Gasteiger partial charge in [0, 0.05) is 22.5 Å². The maximum Gasteiger partial charge on any atom is 0.573 e. The van der Waals surface area contributed by atoms with Crippen molar-refractivity contribution in [3.8, 4) is 10.8 Å². The van der Waals surface area contributed by atoms with Gasteiger partial charge in [0.05, 0.1) is 11.1 Å². The highest BCUT2D eigenvalue weighted by Gasteiger charge is 2.32. The second kappa shape index (κ2) is 5.52. The Labute approximate surface area is 136 Å². The van der Waals surface area contributed by atoms with E-state index in [1.165, 1.54) is 17.5 Å². The Morgan fingerprint density at radius 1 is 1.29 bits per heavy atom. The standard InChI is InChI=1S/C15H9F4NO3S/c1-7-4-9-10(2-3-11(21)13(9)16)20(7)14(22)8-5-12(24-6-8)23-15(17,18)19/h2-6,21H,1H3. The zero-order chi connectivity index (χ0) is 17.6. The summed E-state index contributed by atoms with van der Waals surface area (Å²) in [5.41, 5.74) is 0.564. The lowest BCUT2D eigenvalue weighted by Gasteiger charge is -2.06. The fraction of sp³-hybridized carbons (Fsp3) is 0.133. The molecule has 3 aromatic rings. The molecule has 0 saturated carbocycles. The first-order chi connectivity index (χ1) is 11.2. The highest BCUT2D eigenvalue weighted by atomic mass is 32.1. The minimum absolute atomic E-state index is 0.0201. The number of fused-ring (bicyclic) bond motifs is 1. The molecule has 2 heterocycles. The van der Waals surface area contributed by atoms with Gasteiger partial charge in [-0.15, -0.1) is 24.5 Å². The van der Waals surface area contributed by atoms with Gasteiger partial charge in [-0.1, -0.05) is 0 Å². The van der Waals surface area contributed by atoms with Crippen molar-refractivity contribution in [1.82, 2.24) is 4.57 Å². The van der Waals surface area contributed by atoms with Crippen molar-refractivity contribution in [2.24, 2.45) is 0 Å². The smallest absolute Gasteiger partial charge is 0.505 e. The SMILES string of the molecule is Cc1cc2c(F)c(O)ccc2n1C(=O)c1csc(OC(F)(F)F)c1. The molecule has 0 unspecified atom stereocenters. The number of rotatable bonds is 2. The lowest BCUT2D eigenvalue weighted by atomic mass is 10.2. The summed E-state index contributed by atoms with van der Waals surface area (Å²) in [5, 5.41) is 10.2. The Morgan fingerprint density at radius 2 is 2.00 bits per heavy atom. The average Bonchev–Trinajstić information content (AvgIpc) is 3.05. The molecule has 24 heavy (non-hydrogen) atoms. The number of nitrogens with zero attached hydrogens (tertiary/aromatic N) is 1. The van der Waals surface area contributed by atoms with Crippen LogP contribution in [0.3, 0.4) is 0 Å². The molecule has 0 aliphatic heterocycles. The maximum atomic E-state index is 13.9. The van der Waals surface area contributed by atoms with Gasteiger partial charge in [-0.3, -0.25) is 9.36 Å². The van der Waals surface area contributed by atoms with Crippen LogP contribution >= 0.6 is 11.3 Å². The van der Waals surface area contributed by atoms with E-state index in [-0.39, 0.29) is 16.5 Å². The van der Waals surface area contributed by atoms with Gasteiger partial charge in [0.2, 0.25) is 0 Å². The quantitative estimate of drug-likeness (QED) is 0.688. The monoisotopic (exact) mass is 359 g/mol. The number of hydrogen-bond acceptors (Lipinski definition) is 4. The molecule has 0 radical (unpaired) electrons. The fourth-order valence-corrected chi connectivity index (χ4v) is 3.11. The van der Waals surface area contributed by atoms with Crippen molar-refractivity contribution in [2.45, 2.75) is 13.3 Å². The van der Waals surface area contributed by atoms with Gasteiger partial charge in [-0.25, -0.2) is 4.39 Å². The minimum Gasteiger partial charge on any atom is -0.505 e.